The van der Waals surface area contributed by atoms with E-state index in [4.69, 9.17) is 0 Å². The van der Waals surface area contributed by atoms with Crippen LogP contribution in [0.2, 0.25) is 0 Å². The fourth-order valence-corrected chi connectivity index (χ4v) is 2.80. The van der Waals surface area contributed by atoms with Crippen molar-refractivity contribution in [1.82, 2.24) is 10.2 Å². The summed E-state index contributed by atoms with van der Waals surface area (Å²) in [7, 11) is 0. The van der Waals surface area contributed by atoms with Crippen LogP contribution >= 0.6 is 0 Å². The molecular weight excluding hydrogens is 248 g/mol. The van der Waals surface area contributed by atoms with Crippen molar-refractivity contribution >= 4 is 11.4 Å². The van der Waals surface area contributed by atoms with Crippen molar-refractivity contribution in [2.45, 2.75) is 32.7 Å². The molecule has 1 fully saturated rings. The van der Waals surface area contributed by atoms with E-state index in [9.17, 15) is 0 Å². The fraction of sp³-hybridized carbons (Fsp3) is 0.438. The van der Waals surface area contributed by atoms with Crippen molar-refractivity contribution in [3.8, 4) is 0 Å². The lowest BCUT2D eigenvalue weighted by Gasteiger charge is -2.21. The number of nitrogens with zero attached hydrogens (tertiary/aromatic N) is 2. The minimum absolute atomic E-state index is 0.230. The second-order valence-corrected chi connectivity index (χ2v) is 5.57. The zero-order chi connectivity index (χ0) is 13.9. The number of nitrogens with one attached hydrogen (secondary N) is 2. The number of anilines is 2. The van der Waals surface area contributed by atoms with Gasteiger partial charge in [-0.25, -0.2) is 0 Å². The third-order valence-electron chi connectivity index (χ3n) is 4.04. The number of H-pyrrole nitrogens is 1. The van der Waals surface area contributed by atoms with Crippen molar-refractivity contribution in [1.29, 1.82) is 0 Å². The number of aromatic nitrogens is 2. The average Bonchev–Trinajstić information content (AvgIpc) is 3.14. The van der Waals surface area contributed by atoms with E-state index in [1.54, 1.807) is 6.20 Å². The Hall–Kier alpha value is -1.97. The minimum atomic E-state index is 0.230. The van der Waals surface area contributed by atoms with Crippen LogP contribution in [0.1, 0.15) is 37.1 Å². The average molecular weight is 270 g/mol. The summed E-state index contributed by atoms with van der Waals surface area (Å²) in [6, 6.07) is 8.93. The van der Waals surface area contributed by atoms with Gasteiger partial charge in [0.2, 0.25) is 0 Å². The quantitative estimate of drug-likeness (QED) is 0.893. The lowest BCUT2D eigenvalue weighted by molar-refractivity contribution is 0.824. The Labute approximate surface area is 120 Å². The Bertz CT molecular complexity index is 556. The number of hydrogen-bond acceptors (Lipinski definition) is 3. The maximum Gasteiger partial charge on any atom is 0.0651 e. The molecular formula is C16H22N4. The number of aryl methyl sites for hydroxylation is 1. The highest BCUT2D eigenvalue weighted by atomic mass is 15.1. The molecule has 2 heterocycles. The van der Waals surface area contributed by atoms with Crippen LogP contribution in [-0.2, 0) is 0 Å². The molecule has 1 aromatic heterocycles. The Kier molecular flexibility index (Phi) is 3.63. The lowest BCUT2D eigenvalue weighted by atomic mass is 10.1. The molecule has 106 valence electrons. The Balaban J connectivity index is 1.74. The highest BCUT2D eigenvalue weighted by Crippen LogP contribution is 2.27. The number of hydrogen-bond donors (Lipinski definition) is 2. The van der Waals surface area contributed by atoms with Crippen LogP contribution in [0.15, 0.2) is 30.5 Å². The first-order chi connectivity index (χ1) is 9.74. The molecule has 1 aliphatic rings. The molecule has 0 amide bonds. The van der Waals surface area contributed by atoms with Gasteiger partial charge >= 0.3 is 0 Å². The van der Waals surface area contributed by atoms with E-state index < -0.39 is 0 Å². The SMILES string of the molecule is Cc1cc(N2CCCC2)ccc1NC(C)c1ccn[nH]1. The molecule has 2 aromatic rings. The largest absolute Gasteiger partial charge is 0.377 e. The van der Waals surface area contributed by atoms with Crippen LogP contribution in [0.25, 0.3) is 0 Å². The van der Waals surface area contributed by atoms with Crippen molar-refractivity contribution in [3.05, 3.63) is 41.7 Å². The molecule has 4 heteroatoms. The van der Waals surface area contributed by atoms with Crippen molar-refractivity contribution < 1.29 is 0 Å². The van der Waals surface area contributed by atoms with Crippen LogP contribution in [0.3, 0.4) is 0 Å². The third-order valence-corrected chi connectivity index (χ3v) is 4.04. The van der Waals surface area contributed by atoms with Crippen molar-refractivity contribution in [3.63, 3.8) is 0 Å². The predicted octanol–water partition coefficient (Wildman–Crippen LogP) is 3.49. The summed E-state index contributed by atoms with van der Waals surface area (Å²) in [6.07, 6.45) is 4.42. The zero-order valence-electron chi connectivity index (χ0n) is 12.2. The Morgan fingerprint density at radius 2 is 2.05 bits per heavy atom. The first kappa shape index (κ1) is 13.0. The normalized spacial score (nSPS) is 16.4. The molecule has 1 saturated heterocycles. The van der Waals surface area contributed by atoms with E-state index in [0.29, 0.717) is 0 Å². The summed E-state index contributed by atoms with van der Waals surface area (Å²) >= 11 is 0. The summed E-state index contributed by atoms with van der Waals surface area (Å²) in [6.45, 7) is 6.69. The second kappa shape index (κ2) is 5.57. The molecule has 0 aliphatic carbocycles. The monoisotopic (exact) mass is 270 g/mol. The number of benzene rings is 1. The predicted molar refractivity (Wildman–Crippen MR) is 83.3 cm³/mol. The van der Waals surface area contributed by atoms with Gasteiger partial charge in [-0.2, -0.15) is 5.10 Å². The summed E-state index contributed by atoms with van der Waals surface area (Å²) in [5.74, 6) is 0. The molecule has 4 nitrogen and oxygen atoms in total. The Morgan fingerprint density at radius 1 is 1.25 bits per heavy atom. The van der Waals surface area contributed by atoms with Crippen molar-refractivity contribution in [2.24, 2.45) is 0 Å². The van der Waals surface area contributed by atoms with Crippen LogP contribution in [0.4, 0.5) is 11.4 Å². The number of rotatable bonds is 4. The van der Waals surface area contributed by atoms with Crippen LogP contribution in [-0.4, -0.2) is 23.3 Å². The van der Waals surface area contributed by atoms with Gasteiger partial charge in [0.25, 0.3) is 0 Å². The second-order valence-electron chi connectivity index (χ2n) is 5.57. The molecule has 1 aromatic carbocycles. The molecule has 1 aliphatic heterocycles. The lowest BCUT2D eigenvalue weighted by Crippen LogP contribution is -2.17. The van der Waals surface area contributed by atoms with Gasteiger partial charge < -0.3 is 10.2 Å². The summed E-state index contributed by atoms with van der Waals surface area (Å²) in [5.41, 5.74) is 4.93. The van der Waals surface area contributed by atoms with E-state index in [2.05, 4.69) is 52.5 Å². The van der Waals surface area contributed by atoms with Gasteiger partial charge in [0.1, 0.15) is 0 Å². The van der Waals surface area contributed by atoms with E-state index in [1.165, 1.54) is 42.9 Å². The Morgan fingerprint density at radius 3 is 2.70 bits per heavy atom. The highest BCUT2D eigenvalue weighted by Gasteiger charge is 2.14. The van der Waals surface area contributed by atoms with Crippen molar-refractivity contribution in [2.75, 3.05) is 23.3 Å². The minimum Gasteiger partial charge on any atom is -0.377 e. The standard InChI is InChI=1S/C16H22N4/c1-12-11-14(20-9-3-4-10-20)5-6-15(12)18-13(2)16-7-8-17-19-16/h5-8,11,13,18H,3-4,9-10H2,1-2H3,(H,17,19). The van der Waals surface area contributed by atoms with Crippen LogP contribution < -0.4 is 10.2 Å². The molecule has 1 unspecified atom stereocenters. The maximum absolute atomic E-state index is 4.00. The van der Waals surface area contributed by atoms with Gasteiger partial charge in [-0.3, -0.25) is 5.10 Å². The van der Waals surface area contributed by atoms with E-state index in [1.807, 2.05) is 6.07 Å². The molecule has 2 N–H and O–H groups in total. The molecule has 0 radical (unpaired) electrons. The van der Waals surface area contributed by atoms with Crippen LogP contribution in [0.5, 0.6) is 0 Å². The molecule has 0 spiro atoms. The first-order valence-electron chi connectivity index (χ1n) is 7.35. The molecule has 0 bridgehead atoms. The van der Waals surface area contributed by atoms with Gasteiger partial charge in [-0.15, -0.1) is 0 Å². The maximum atomic E-state index is 4.00. The van der Waals surface area contributed by atoms with Gasteiger partial charge in [0.05, 0.1) is 11.7 Å². The molecule has 3 rings (SSSR count). The van der Waals surface area contributed by atoms with Gasteiger partial charge in [0.15, 0.2) is 0 Å². The van der Waals surface area contributed by atoms with Gasteiger partial charge in [-0.1, -0.05) is 0 Å². The molecule has 0 saturated carbocycles. The number of aromatic amines is 1. The van der Waals surface area contributed by atoms with E-state index in [-0.39, 0.29) is 6.04 Å². The smallest absolute Gasteiger partial charge is 0.0651 e. The topological polar surface area (TPSA) is 44.0 Å². The third kappa shape index (κ3) is 2.64. The summed E-state index contributed by atoms with van der Waals surface area (Å²) in [5, 5.41) is 10.6. The first-order valence-corrected chi connectivity index (χ1v) is 7.35. The van der Waals surface area contributed by atoms with Gasteiger partial charge in [-0.05, 0) is 56.5 Å². The summed E-state index contributed by atoms with van der Waals surface area (Å²) in [4.78, 5) is 2.47. The van der Waals surface area contributed by atoms with Crippen LogP contribution in [0, 0.1) is 6.92 Å². The highest BCUT2D eigenvalue weighted by molar-refractivity contribution is 5.61. The fourth-order valence-electron chi connectivity index (χ4n) is 2.80. The molecule has 1 atom stereocenters. The van der Waals surface area contributed by atoms with E-state index >= 15 is 0 Å². The molecule has 20 heavy (non-hydrogen) atoms. The zero-order valence-corrected chi connectivity index (χ0v) is 12.2. The van der Waals surface area contributed by atoms with Gasteiger partial charge in [0, 0.05) is 30.7 Å². The van der Waals surface area contributed by atoms with E-state index in [0.717, 1.165) is 5.69 Å². The summed E-state index contributed by atoms with van der Waals surface area (Å²) < 4.78 is 0.